The highest BCUT2D eigenvalue weighted by Gasteiger charge is 2.51. The first-order valence-electron chi connectivity index (χ1n) is 8.99. The third-order valence-corrected chi connectivity index (χ3v) is 5.57. The lowest BCUT2D eigenvalue weighted by molar-refractivity contribution is -0.145. The van der Waals surface area contributed by atoms with Gasteiger partial charge in [0.25, 0.3) is 0 Å². The maximum Gasteiger partial charge on any atom is 0.238 e. The minimum atomic E-state index is -0.490. The molecule has 7 heteroatoms. The monoisotopic (exact) mass is 377 g/mol. The van der Waals surface area contributed by atoms with Gasteiger partial charge < -0.3 is 5.32 Å². The topological polar surface area (TPSA) is 69.7 Å². The predicted octanol–water partition coefficient (Wildman–Crippen LogP) is 2.88. The molecule has 1 spiro atoms. The van der Waals surface area contributed by atoms with Gasteiger partial charge in [-0.3, -0.25) is 24.2 Å². The minimum Gasteiger partial charge on any atom is -0.324 e. The maximum absolute atomic E-state index is 12.8. The number of nitrogens with zero attached hydrogens (tertiary/aromatic N) is 2. The van der Waals surface area contributed by atoms with Crippen molar-refractivity contribution >= 4 is 35.0 Å². The normalized spacial score (nSPS) is 19.4. The van der Waals surface area contributed by atoms with E-state index in [1.165, 1.54) is 4.90 Å². The molecule has 1 saturated carbocycles. The summed E-state index contributed by atoms with van der Waals surface area (Å²) in [6.07, 6.45) is 5.04. The highest BCUT2D eigenvalue weighted by atomic mass is 35.5. The van der Waals surface area contributed by atoms with Crippen LogP contribution in [0.1, 0.15) is 38.5 Å². The van der Waals surface area contributed by atoms with Crippen molar-refractivity contribution < 1.29 is 14.4 Å². The van der Waals surface area contributed by atoms with Crippen LogP contribution < -0.4 is 5.32 Å². The summed E-state index contributed by atoms with van der Waals surface area (Å²) in [5.74, 6) is -0.442. The fraction of sp³-hybridized carbons (Fsp3) is 0.526. The SMILES string of the molecule is CN(CC(=O)Nc1ccccc1Cl)CN1C(=O)CC2(CCCCC2)C1=O. The molecule has 1 aromatic carbocycles. The molecule has 0 aromatic heterocycles. The van der Waals surface area contributed by atoms with Crippen LogP contribution in [0.3, 0.4) is 0 Å². The van der Waals surface area contributed by atoms with Crippen molar-refractivity contribution in [2.45, 2.75) is 38.5 Å². The number of likely N-dealkylation sites (tertiary alicyclic amines) is 1. The van der Waals surface area contributed by atoms with Crippen LogP contribution in [-0.4, -0.2) is 47.8 Å². The number of amides is 3. The summed E-state index contributed by atoms with van der Waals surface area (Å²) < 4.78 is 0. The van der Waals surface area contributed by atoms with Gasteiger partial charge >= 0.3 is 0 Å². The van der Waals surface area contributed by atoms with Gasteiger partial charge in [-0.05, 0) is 32.0 Å². The molecule has 0 radical (unpaired) electrons. The van der Waals surface area contributed by atoms with E-state index in [1.807, 2.05) is 0 Å². The number of imide groups is 1. The summed E-state index contributed by atoms with van der Waals surface area (Å²) >= 11 is 6.04. The van der Waals surface area contributed by atoms with Crippen molar-refractivity contribution in [1.29, 1.82) is 0 Å². The number of carbonyl (C=O) groups is 3. The molecule has 2 aliphatic rings. The van der Waals surface area contributed by atoms with E-state index in [0.717, 1.165) is 32.1 Å². The van der Waals surface area contributed by atoms with Crippen molar-refractivity contribution in [1.82, 2.24) is 9.80 Å². The quantitative estimate of drug-likeness (QED) is 0.801. The lowest BCUT2D eigenvalue weighted by Gasteiger charge is -2.31. The number of nitrogens with one attached hydrogen (secondary N) is 1. The molecule has 0 atom stereocenters. The van der Waals surface area contributed by atoms with E-state index < -0.39 is 5.41 Å². The molecule has 1 aromatic rings. The summed E-state index contributed by atoms with van der Waals surface area (Å²) in [7, 11) is 1.72. The van der Waals surface area contributed by atoms with Crippen LogP contribution in [-0.2, 0) is 14.4 Å². The molecular weight excluding hydrogens is 354 g/mol. The third kappa shape index (κ3) is 3.91. The molecule has 2 fully saturated rings. The van der Waals surface area contributed by atoms with Gasteiger partial charge in [0.05, 0.1) is 29.3 Å². The lowest BCUT2D eigenvalue weighted by Crippen LogP contribution is -2.44. The summed E-state index contributed by atoms with van der Waals surface area (Å²) in [4.78, 5) is 40.4. The molecule has 6 nitrogen and oxygen atoms in total. The number of carbonyl (C=O) groups excluding carboxylic acids is 3. The van der Waals surface area contributed by atoms with Crippen molar-refractivity contribution in [3.63, 3.8) is 0 Å². The summed E-state index contributed by atoms with van der Waals surface area (Å²) in [6, 6.07) is 7.00. The van der Waals surface area contributed by atoms with Crippen LogP contribution in [0, 0.1) is 5.41 Å². The first-order chi connectivity index (χ1) is 12.4. The van der Waals surface area contributed by atoms with Gasteiger partial charge in [-0.1, -0.05) is 43.0 Å². The molecule has 1 saturated heterocycles. The number of anilines is 1. The average Bonchev–Trinajstić information content (AvgIpc) is 2.81. The largest absolute Gasteiger partial charge is 0.324 e. The van der Waals surface area contributed by atoms with Crippen LogP contribution in [0.25, 0.3) is 0 Å². The van der Waals surface area contributed by atoms with Gasteiger partial charge in [-0.15, -0.1) is 0 Å². The predicted molar refractivity (Wildman–Crippen MR) is 99.6 cm³/mol. The summed E-state index contributed by atoms with van der Waals surface area (Å²) in [6.45, 7) is 0.199. The van der Waals surface area contributed by atoms with E-state index in [2.05, 4.69) is 5.32 Å². The molecule has 0 bridgehead atoms. The average molecular weight is 378 g/mol. The third-order valence-electron chi connectivity index (χ3n) is 5.24. The molecular formula is C19H24ClN3O3. The first-order valence-corrected chi connectivity index (χ1v) is 9.37. The molecule has 3 rings (SSSR count). The van der Waals surface area contributed by atoms with Crippen LogP contribution in [0.15, 0.2) is 24.3 Å². The van der Waals surface area contributed by atoms with Gasteiger partial charge in [0.1, 0.15) is 0 Å². The second-order valence-corrected chi connectivity index (χ2v) is 7.74. The van der Waals surface area contributed by atoms with Gasteiger partial charge in [-0.25, -0.2) is 0 Å². The Hall–Kier alpha value is -1.92. The molecule has 140 valence electrons. The Kier molecular flexibility index (Phi) is 5.63. The maximum atomic E-state index is 12.8. The van der Waals surface area contributed by atoms with E-state index in [-0.39, 0.29) is 30.9 Å². The van der Waals surface area contributed by atoms with Gasteiger partial charge in [0.15, 0.2) is 0 Å². The Morgan fingerprint density at radius 2 is 1.92 bits per heavy atom. The van der Waals surface area contributed by atoms with Crippen molar-refractivity contribution in [3.05, 3.63) is 29.3 Å². The number of halogens is 1. The van der Waals surface area contributed by atoms with E-state index in [1.54, 1.807) is 36.2 Å². The Balaban J connectivity index is 1.57. The fourth-order valence-electron chi connectivity index (χ4n) is 3.91. The first kappa shape index (κ1) is 18.9. The highest BCUT2D eigenvalue weighted by Crippen LogP contribution is 2.45. The lowest BCUT2D eigenvalue weighted by atomic mass is 9.73. The molecule has 1 aliphatic carbocycles. The van der Waals surface area contributed by atoms with Crippen LogP contribution in [0.2, 0.25) is 5.02 Å². The molecule has 26 heavy (non-hydrogen) atoms. The second kappa shape index (κ2) is 7.76. The molecule has 1 aliphatic heterocycles. The van der Waals surface area contributed by atoms with Crippen molar-refractivity contribution in [2.75, 3.05) is 25.6 Å². The minimum absolute atomic E-state index is 0.0648. The summed E-state index contributed by atoms with van der Waals surface area (Å²) in [5.41, 5.74) is 0.0535. The zero-order valence-corrected chi connectivity index (χ0v) is 15.7. The second-order valence-electron chi connectivity index (χ2n) is 7.33. The van der Waals surface area contributed by atoms with Gasteiger partial charge in [0.2, 0.25) is 17.7 Å². The van der Waals surface area contributed by atoms with E-state index in [4.69, 9.17) is 11.6 Å². The Bertz CT molecular complexity index is 716. The van der Waals surface area contributed by atoms with Crippen LogP contribution in [0.5, 0.6) is 0 Å². The van der Waals surface area contributed by atoms with E-state index >= 15 is 0 Å². The zero-order chi connectivity index (χ0) is 18.7. The fourth-order valence-corrected chi connectivity index (χ4v) is 4.09. The Morgan fingerprint density at radius 3 is 2.62 bits per heavy atom. The Labute approximate surface area is 158 Å². The van der Waals surface area contributed by atoms with E-state index in [9.17, 15) is 14.4 Å². The van der Waals surface area contributed by atoms with Crippen LogP contribution in [0.4, 0.5) is 5.69 Å². The Morgan fingerprint density at radius 1 is 1.23 bits per heavy atom. The molecule has 1 heterocycles. The highest BCUT2D eigenvalue weighted by molar-refractivity contribution is 6.33. The van der Waals surface area contributed by atoms with Crippen molar-refractivity contribution in [2.24, 2.45) is 5.41 Å². The van der Waals surface area contributed by atoms with Crippen LogP contribution >= 0.6 is 11.6 Å². The standard InChI is InChI=1S/C19H24ClN3O3/c1-22(12-16(24)21-15-8-4-3-7-14(15)20)13-23-17(25)11-19(18(23)26)9-5-2-6-10-19/h3-4,7-8H,2,5-6,9-13H2,1H3,(H,21,24). The number of rotatable bonds is 5. The zero-order valence-electron chi connectivity index (χ0n) is 15.0. The molecule has 1 N–H and O–H groups in total. The van der Waals surface area contributed by atoms with E-state index in [0.29, 0.717) is 17.1 Å². The van der Waals surface area contributed by atoms with Gasteiger partial charge in [0, 0.05) is 6.42 Å². The summed E-state index contributed by atoms with van der Waals surface area (Å²) in [5, 5.41) is 3.21. The number of hydrogen-bond acceptors (Lipinski definition) is 4. The molecule has 3 amide bonds. The van der Waals surface area contributed by atoms with Gasteiger partial charge in [-0.2, -0.15) is 0 Å². The number of likely N-dealkylation sites (N-methyl/N-ethyl adjacent to an activating group) is 1. The number of benzene rings is 1. The number of para-hydroxylation sites is 1. The smallest absolute Gasteiger partial charge is 0.238 e. The van der Waals surface area contributed by atoms with Crippen molar-refractivity contribution in [3.8, 4) is 0 Å². The molecule has 0 unspecified atom stereocenters. The number of hydrogen-bond donors (Lipinski definition) is 1.